The van der Waals surface area contributed by atoms with Crippen LogP contribution in [0.3, 0.4) is 0 Å². The average molecular weight is 272 g/mol. The molecule has 0 fully saturated rings. The van der Waals surface area contributed by atoms with Crippen LogP contribution in [0.15, 0.2) is 22.7 Å². The number of nitrogens with two attached hydrogens (primary N) is 1. The van der Waals surface area contributed by atoms with Crippen LogP contribution in [0.1, 0.15) is 30.5 Å². The molecule has 3 nitrogen and oxygen atoms in total. The minimum atomic E-state index is -0.877. The molecule has 0 bridgehead atoms. The van der Waals surface area contributed by atoms with Gasteiger partial charge in [0.15, 0.2) is 0 Å². The van der Waals surface area contributed by atoms with Gasteiger partial charge >= 0.3 is 5.97 Å². The lowest BCUT2D eigenvalue weighted by atomic mass is 10.0. The van der Waals surface area contributed by atoms with Crippen molar-refractivity contribution in [3.05, 3.63) is 33.8 Å². The molecule has 0 saturated carbocycles. The van der Waals surface area contributed by atoms with Crippen LogP contribution >= 0.6 is 15.9 Å². The molecular formula is C11H14BrNO2. The Morgan fingerprint density at radius 3 is 2.73 bits per heavy atom. The van der Waals surface area contributed by atoms with Crippen molar-refractivity contribution >= 4 is 21.9 Å². The molecule has 3 N–H and O–H groups in total. The first-order valence-electron chi connectivity index (χ1n) is 4.80. The molecule has 0 radical (unpaired) electrons. The largest absolute Gasteiger partial charge is 0.481 e. The second-order valence-electron chi connectivity index (χ2n) is 3.41. The number of carboxylic acid groups (broad SMARTS) is 1. The fourth-order valence-electron chi connectivity index (χ4n) is 1.39. The van der Waals surface area contributed by atoms with Gasteiger partial charge in [-0.05, 0) is 23.6 Å². The third-order valence-corrected chi connectivity index (χ3v) is 3.02. The van der Waals surface area contributed by atoms with Gasteiger partial charge in [-0.25, -0.2) is 0 Å². The maximum Gasteiger partial charge on any atom is 0.305 e. The number of aryl methyl sites for hydroxylation is 1. The minimum Gasteiger partial charge on any atom is -0.481 e. The average Bonchev–Trinajstić information content (AvgIpc) is 2.16. The Kier molecular flexibility index (Phi) is 4.29. The Morgan fingerprint density at radius 2 is 2.27 bits per heavy atom. The highest BCUT2D eigenvalue weighted by Crippen LogP contribution is 2.23. The summed E-state index contributed by atoms with van der Waals surface area (Å²) < 4.78 is 0.989. The lowest BCUT2D eigenvalue weighted by Crippen LogP contribution is -2.15. The maximum absolute atomic E-state index is 10.5. The van der Waals surface area contributed by atoms with Gasteiger partial charge in [-0.3, -0.25) is 4.79 Å². The van der Waals surface area contributed by atoms with Crippen LogP contribution in [-0.4, -0.2) is 11.1 Å². The molecule has 1 rings (SSSR count). The molecule has 15 heavy (non-hydrogen) atoms. The van der Waals surface area contributed by atoms with Crippen LogP contribution < -0.4 is 5.73 Å². The first-order chi connectivity index (χ1) is 7.04. The number of hydrogen-bond donors (Lipinski definition) is 2. The number of rotatable bonds is 4. The topological polar surface area (TPSA) is 63.3 Å². The zero-order valence-electron chi connectivity index (χ0n) is 8.53. The highest BCUT2D eigenvalue weighted by atomic mass is 79.9. The molecule has 82 valence electrons. The van der Waals surface area contributed by atoms with Crippen LogP contribution in [0, 0.1) is 0 Å². The Balaban J connectivity index is 2.87. The van der Waals surface area contributed by atoms with Crippen molar-refractivity contribution in [2.45, 2.75) is 25.8 Å². The van der Waals surface area contributed by atoms with E-state index < -0.39 is 12.0 Å². The third-order valence-electron chi connectivity index (χ3n) is 2.28. The summed E-state index contributed by atoms with van der Waals surface area (Å²) in [4.78, 5) is 10.5. The van der Waals surface area contributed by atoms with E-state index in [9.17, 15) is 4.79 Å². The molecule has 0 aliphatic heterocycles. The van der Waals surface area contributed by atoms with Crippen molar-refractivity contribution in [3.63, 3.8) is 0 Å². The predicted octanol–water partition coefficient (Wildman–Crippen LogP) is 2.49. The smallest absolute Gasteiger partial charge is 0.305 e. The highest BCUT2D eigenvalue weighted by molar-refractivity contribution is 9.10. The van der Waals surface area contributed by atoms with Gasteiger partial charge in [0.25, 0.3) is 0 Å². The molecule has 0 heterocycles. The molecule has 1 unspecified atom stereocenters. The lowest BCUT2D eigenvalue weighted by Gasteiger charge is -2.11. The van der Waals surface area contributed by atoms with E-state index in [0.717, 1.165) is 16.5 Å². The first-order valence-corrected chi connectivity index (χ1v) is 5.59. The van der Waals surface area contributed by atoms with E-state index in [1.807, 2.05) is 18.2 Å². The number of aliphatic carboxylic acids is 1. The van der Waals surface area contributed by atoms with Crippen molar-refractivity contribution in [2.24, 2.45) is 5.73 Å². The van der Waals surface area contributed by atoms with Gasteiger partial charge in [0, 0.05) is 10.5 Å². The summed E-state index contributed by atoms with van der Waals surface area (Å²) in [6.07, 6.45) is 0.896. The summed E-state index contributed by atoms with van der Waals surface area (Å²) in [6.45, 7) is 2.07. The van der Waals surface area contributed by atoms with Crippen LogP contribution in [0.2, 0.25) is 0 Å². The Hall–Kier alpha value is -0.870. The zero-order chi connectivity index (χ0) is 11.4. The molecule has 0 aromatic heterocycles. The summed E-state index contributed by atoms with van der Waals surface area (Å²) >= 11 is 3.44. The van der Waals surface area contributed by atoms with Crippen molar-refractivity contribution in [1.82, 2.24) is 0 Å². The van der Waals surface area contributed by atoms with E-state index in [1.165, 1.54) is 5.56 Å². The first kappa shape index (κ1) is 12.2. The van der Waals surface area contributed by atoms with Crippen LogP contribution in [0.25, 0.3) is 0 Å². The highest BCUT2D eigenvalue weighted by Gasteiger charge is 2.11. The molecule has 4 heteroatoms. The standard InChI is InChI=1S/C11H14BrNO2/c1-2-7-3-4-8(5-9(7)12)10(13)6-11(14)15/h3-5,10H,2,6,13H2,1H3,(H,14,15). The molecular weight excluding hydrogens is 258 g/mol. The number of carboxylic acids is 1. The summed E-state index contributed by atoms with van der Waals surface area (Å²) in [7, 11) is 0. The fourth-order valence-corrected chi connectivity index (χ4v) is 2.06. The van der Waals surface area contributed by atoms with Gasteiger partial charge in [-0.15, -0.1) is 0 Å². The van der Waals surface area contributed by atoms with Crippen LogP contribution in [0.5, 0.6) is 0 Å². The molecule has 1 aromatic rings. The third kappa shape index (κ3) is 3.32. The van der Waals surface area contributed by atoms with E-state index in [2.05, 4.69) is 22.9 Å². The number of halogens is 1. The normalized spacial score (nSPS) is 12.5. The molecule has 0 saturated heterocycles. The predicted molar refractivity (Wildman–Crippen MR) is 62.7 cm³/mol. The minimum absolute atomic E-state index is 0.0437. The Morgan fingerprint density at radius 1 is 1.60 bits per heavy atom. The molecule has 1 atom stereocenters. The van der Waals surface area contributed by atoms with Gasteiger partial charge in [0.05, 0.1) is 6.42 Å². The van der Waals surface area contributed by atoms with E-state index in [0.29, 0.717) is 0 Å². The zero-order valence-corrected chi connectivity index (χ0v) is 10.1. The van der Waals surface area contributed by atoms with Gasteiger partial charge in [0.1, 0.15) is 0 Å². The van der Waals surface area contributed by atoms with Crippen molar-refractivity contribution in [2.75, 3.05) is 0 Å². The van der Waals surface area contributed by atoms with Gasteiger partial charge in [0.2, 0.25) is 0 Å². The lowest BCUT2D eigenvalue weighted by molar-refractivity contribution is -0.137. The van der Waals surface area contributed by atoms with Crippen LogP contribution in [0.4, 0.5) is 0 Å². The fraction of sp³-hybridized carbons (Fsp3) is 0.364. The quantitative estimate of drug-likeness (QED) is 0.885. The maximum atomic E-state index is 10.5. The SMILES string of the molecule is CCc1ccc(C(N)CC(=O)O)cc1Br. The summed E-state index contributed by atoms with van der Waals surface area (Å²) in [5, 5.41) is 8.62. The number of hydrogen-bond acceptors (Lipinski definition) is 2. The van der Waals surface area contributed by atoms with Crippen LogP contribution in [-0.2, 0) is 11.2 Å². The Bertz CT molecular complexity index is 366. The van der Waals surface area contributed by atoms with Gasteiger partial charge < -0.3 is 10.8 Å². The second kappa shape index (κ2) is 5.28. The van der Waals surface area contributed by atoms with Crippen molar-refractivity contribution in [3.8, 4) is 0 Å². The van der Waals surface area contributed by atoms with E-state index in [4.69, 9.17) is 10.8 Å². The summed E-state index contributed by atoms with van der Waals surface area (Å²) in [5.41, 5.74) is 7.80. The Labute approximate surface area is 97.4 Å². The molecule has 0 spiro atoms. The number of benzene rings is 1. The van der Waals surface area contributed by atoms with E-state index in [-0.39, 0.29) is 6.42 Å². The molecule has 1 aromatic carbocycles. The second-order valence-corrected chi connectivity index (χ2v) is 4.26. The molecule has 0 amide bonds. The van der Waals surface area contributed by atoms with Gasteiger partial charge in [-0.2, -0.15) is 0 Å². The molecule has 0 aliphatic rings. The van der Waals surface area contributed by atoms with E-state index in [1.54, 1.807) is 0 Å². The van der Waals surface area contributed by atoms with Crippen molar-refractivity contribution in [1.29, 1.82) is 0 Å². The number of carbonyl (C=O) groups is 1. The van der Waals surface area contributed by atoms with Gasteiger partial charge in [-0.1, -0.05) is 35.0 Å². The van der Waals surface area contributed by atoms with Crippen molar-refractivity contribution < 1.29 is 9.90 Å². The summed E-state index contributed by atoms with van der Waals surface area (Å²) in [5.74, 6) is -0.877. The molecule has 0 aliphatic carbocycles. The summed E-state index contributed by atoms with van der Waals surface area (Å²) in [6, 6.07) is 5.31. The monoisotopic (exact) mass is 271 g/mol. The van der Waals surface area contributed by atoms with E-state index >= 15 is 0 Å².